The second kappa shape index (κ2) is 10.0. The molecular weight excluding hydrogens is 422 g/mol. The van der Waals surface area contributed by atoms with Crippen molar-refractivity contribution in [3.05, 3.63) is 65.7 Å². The van der Waals surface area contributed by atoms with Gasteiger partial charge in [0.25, 0.3) is 0 Å². The maximum absolute atomic E-state index is 12.4. The van der Waals surface area contributed by atoms with Crippen molar-refractivity contribution >= 4 is 27.6 Å². The minimum atomic E-state index is -0.928. The van der Waals surface area contributed by atoms with Crippen LogP contribution < -0.4 is 0 Å². The predicted octanol–water partition coefficient (Wildman–Crippen LogP) is 3.59. The Morgan fingerprint density at radius 2 is 1.75 bits per heavy atom. The molecule has 4 rings (SSSR count). The number of carbonyl (C=O) groups is 1. The molecule has 1 N–H and O–H groups in total. The van der Waals surface area contributed by atoms with Gasteiger partial charge in [-0.2, -0.15) is 9.62 Å². The monoisotopic (exact) mass is 447 g/mol. The summed E-state index contributed by atoms with van der Waals surface area (Å²) in [7, 11) is -0.287. The van der Waals surface area contributed by atoms with E-state index in [0.717, 1.165) is 48.9 Å². The average Bonchev–Trinajstić information content (AvgIpc) is 2.80. The number of para-hydroxylation sites is 1. The Bertz CT molecular complexity index is 1200. The fourth-order valence-electron chi connectivity index (χ4n) is 4.15. The first kappa shape index (κ1) is 22.1. The standard InChI is InChI=1S/C24H25N5O2S/c1-32(26-16-25)17-29-13-11-28(12-14-29)15-20-22(24(30)31)19-9-5-6-10-21(19)27-23(20)18-7-3-2-4-8-18/h2-10H,11-15,17H2,1H3,(H,30,31). The van der Waals surface area contributed by atoms with Crippen LogP contribution in [0, 0.1) is 11.5 Å². The molecule has 0 amide bonds. The lowest BCUT2D eigenvalue weighted by Crippen LogP contribution is -2.46. The summed E-state index contributed by atoms with van der Waals surface area (Å²) in [5, 5.41) is 19.6. The molecular formula is C24H25N5O2S. The molecule has 7 nitrogen and oxygen atoms in total. The van der Waals surface area contributed by atoms with Crippen LogP contribution in [-0.4, -0.2) is 64.2 Å². The lowest BCUT2D eigenvalue weighted by Gasteiger charge is -2.35. The van der Waals surface area contributed by atoms with Crippen LogP contribution in [0.15, 0.2) is 59.0 Å². The molecule has 0 bridgehead atoms. The van der Waals surface area contributed by atoms with Gasteiger partial charge in [-0.15, -0.1) is 0 Å². The molecule has 1 atom stereocenters. The van der Waals surface area contributed by atoms with Crippen molar-refractivity contribution in [2.45, 2.75) is 6.54 Å². The third kappa shape index (κ3) is 4.86. The number of carboxylic acid groups (broad SMARTS) is 1. The smallest absolute Gasteiger partial charge is 0.336 e. The van der Waals surface area contributed by atoms with E-state index in [9.17, 15) is 9.90 Å². The van der Waals surface area contributed by atoms with Crippen LogP contribution in [0.3, 0.4) is 0 Å². The zero-order chi connectivity index (χ0) is 22.5. The van der Waals surface area contributed by atoms with Gasteiger partial charge >= 0.3 is 5.97 Å². The van der Waals surface area contributed by atoms with Gasteiger partial charge in [-0.3, -0.25) is 9.80 Å². The van der Waals surface area contributed by atoms with E-state index >= 15 is 0 Å². The predicted molar refractivity (Wildman–Crippen MR) is 127 cm³/mol. The second-order valence-corrected chi connectivity index (χ2v) is 9.46. The van der Waals surface area contributed by atoms with E-state index in [1.165, 1.54) is 0 Å². The largest absolute Gasteiger partial charge is 0.478 e. The molecule has 0 radical (unpaired) electrons. The molecule has 2 aromatic carbocycles. The first-order valence-corrected chi connectivity index (χ1v) is 12.2. The van der Waals surface area contributed by atoms with Crippen LogP contribution in [0.4, 0.5) is 0 Å². The molecule has 1 fully saturated rings. The Labute approximate surface area is 190 Å². The van der Waals surface area contributed by atoms with E-state index in [1.807, 2.05) is 67.0 Å². The molecule has 0 spiro atoms. The zero-order valence-electron chi connectivity index (χ0n) is 17.9. The summed E-state index contributed by atoms with van der Waals surface area (Å²) in [5.74, 6) is -0.142. The molecule has 0 saturated carbocycles. The van der Waals surface area contributed by atoms with Crippen molar-refractivity contribution in [3.8, 4) is 17.5 Å². The quantitative estimate of drug-likeness (QED) is 0.581. The number of piperazine rings is 1. The van der Waals surface area contributed by atoms with Gasteiger partial charge in [0, 0.05) is 49.2 Å². The maximum Gasteiger partial charge on any atom is 0.336 e. The summed E-state index contributed by atoms with van der Waals surface area (Å²) in [6.07, 6.45) is 3.86. The third-order valence-electron chi connectivity index (χ3n) is 5.67. The molecule has 1 unspecified atom stereocenters. The van der Waals surface area contributed by atoms with Crippen LogP contribution in [0.2, 0.25) is 0 Å². The van der Waals surface area contributed by atoms with Crippen molar-refractivity contribution in [1.82, 2.24) is 14.8 Å². The van der Waals surface area contributed by atoms with E-state index in [-0.39, 0.29) is 10.7 Å². The number of carboxylic acids is 1. The fourth-order valence-corrected chi connectivity index (χ4v) is 5.13. The molecule has 0 aliphatic carbocycles. The molecule has 164 valence electrons. The second-order valence-electron chi connectivity index (χ2n) is 7.82. The molecule has 1 aliphatic rings. The van der Waals surface area contributed by atoms with Gasteiger partial charge in [0.2, 0.25) is 6.19 Å². The summed E-state index contributed by atoms with van der Waals surface area (Å²) >= 11 is 0. The number of nitriles is 1. The number of fused-ring (bicyclic) bond motifs is 1. The summed E-state index contributed by atoms with van der Waals surface area (Å²) in [6.45, 7) is 3.90. The Morgan fingerprint density at radius 3 is 2.44 bits per heavy atom. The molecule has 1 saturated heterocycles. The van der Waals surface area contributed by atoms with Gasteiger partial charge in [0.05, 0.1) is 22.7 Å². The number of rotatable bonds is 6. The Hall–Kier alpha value is -3.12. The van der Waals surface area contributed by atoms with E-state index < -0.39 is 5.97 Å². The van der Waals surface area contributed by atoms with Crippen molar-refractivity contribution in [3.63, 3.8) is 0 Å². The Morgan fingerprint density at radius 1 is 1.09 bits per heavy atom. The topological polar surface area (TPSA) is 92.8 Å². The first-order valence-electron chi connectivity index (χ1n) is 10.4. The van der Waals surface area contributed by atoms with Gasteiger partial charge in [-0.05, 0) is 12.3 Å². The van der Waals surface area contributed by atoms with E-state index in [0.29, 0.717) is 23.0 Å². The number of nitrogens with zero attached hydrogens (tertiary/aromatic N) is 5. The molecule has 3 aromatic rings. The Kier molecular flexibility index (Phi) is 6.90. The van der Waals surface area contributed by atoms with Crippen molar-refractivity contribution in [2.24, 2.45) is 4.36 Å². The van der Waals surface area contributed by atoms with E-state index in [4.69, 9.17) is 10.2 Å². The lowest BCUT2D eigenvalue weighted by atomic mass is 9.96. The average molecular weight is 448 g/mol. The Balaban J connectivity index is 1.67. The van der Waals surface area contributed by atoms with Crippen LogP contribution in [0.1, 0.15) is 15.9 Å². The third-order valence-corrected chi connectivity index (χ3v) is 6.80. The molecule has 32 heavy (non-hydrogen) atoms. The van der Waals surface area contributed by atoms with Crippen LogP contribution in [0.25, 0.3) is 22.2 Å². The van der Waals surface area contributed by atoms with Crippen molar-refractivity contribution in [1.29, 1.82) is 5.26 Å². The van der Waals surface area contributed by atoms with E-state index in [2.05, 4.69) is 14.2 Å². The fraction of sp³-hybridized carbons (Fsp3) is 0.292. The van der Waals surface area contributed by atoms with Crippen LogP contribution in [0.5, 0.6) is 0 Å². The number of aromatic nitrogens is 1. The summed E-state index contributed by atoms with van der Waals surface area (Å²) in [6, 6.07) is 17.2. The highest BCUT2D eigenvalue weighted by Crippen LogP contribution is 2.31. The SMILES string of the molecule is CS(CN1CCN(Cc2c(-c3ccccc3)nc3ccccc3c2C(=O)O)CC1)=NC#N. The molecule has 1 aliphatic heterocycles. The van der Waals surface area contributed by atoms with Crippen molar-refractivity contribution in [2.75, 3.05) is 38.3 Å². The lowest BCUT2D eigenvalue weighted by molar-refractivity contribution is 0.0695. The van der Waals surface area contributed by atoms with Crippen LogP contribution in [-0.2, 0) is 17.2 Å². The van der Waals surface area contributed by atoms with E-state index in [1.54, 1.807) is 0 Å². The summed E-state index contributed by atoms with van der Waals surface area (Å²) in [5.41, 5.74) is 3.42. The minimum Gasteiger partial charge on any atom is -0.478 e. The van der Waals surface area contributed by atoms with Gasteiger partial charge in [0.1, 0.15) is 0 Å². The highest BCUT2D eigenvalue weighted by atomic mass is 32.2. The number of benzene rings is 2. The minimum absolute atomic E-state index is 0.287. The molecule has 8 heteroatoms. The molecule has 2 heterocycles. The number of aromatic carboxylic acids is 1. The first-order chi connectivity index (χ1) is 15.6. The summed E-state index contributed by atoms with van der Waals surface area (Å²) in [4.78, 5) is 21.9. The van der Waals surface area contributed by atoms with Gasteiger partial charge in [-0.1, -0.05) is 59.2 Å². The highest BCUT2D eigenvalue weighted by molar-refractivity contribution is 7.86. The highest BCUT2D eigenvalue weighted by Gasteiger charge is 2.25. The van der Waals surface area contributed by atoms with Gasteiger partial charge in [-0.25, -0.2) is 9.78 Å². The number of hydrogen-bond acceptors (Lipinski definition) is 6. The number of pyridine rings is 1. The van der Waals surface area contributed by atoms with Gasteiger partial charge in [0.15, 0.2) is 0 Å². The summed E-state index contributed by atoms with van der Waals surface area (Å²) < 4.78 is 3.92. The molecule has 1 aromatic heterocycles. The zero-order valence-corrected chi connectivity index (χ0v) is 18.8. The maximum atomic E-state index is 12.4. The number of hydrogen-bond donors (Lipinski definition) is 1. The van der Waals surface area contributed by atoms with Crippen molar-refractivity contribution < 1.29 is 9.90 Å². The normalized spacial score (nSPS) is 16.1. The van der Waals surface area contributed by atoms with Crippen LogP contribution >= 0.6 is 0 Å². The van der Waals surface area contributed by atoms with Gasteiger partial charge < -0.3 is 5.11 Å².